The molecule has 0 unspecified atom stereocenters. The number of nitrogens with zero attached hydrogens (tertiary/aromatic N) is 1. The van der Waals surface area contributed by atoms with Gasteiger partial charge in [-0.25, -0.2) is 4.79 Å². The maximum atomic E-state index is 12.7. The molecule has 0 N–H and O–H groups in total. The number of hydrogen-bond acceptors (Lipinski definition) is 4. The van der Waals surface area contributed by atoms with Crippen LogP contribution in [0, 0.1) is 6.92 Å². The van der Waals surface area contributed by atoms with Crippen LogP contribution in [0.5, 0.6) is 0 Å². The Hall–Kier alpha value is -1.23. The standard InChI is InChI=1S/C17H23NO3S/c1-11-10-14(12-4-3-5-12)21-17(20)15(11)16(19)18(2)13-6-8-22-9-7-13/h10,12-13H,3-9H2,1-2H3. The summed E-state index contributed by atoms with van der Waals surface area (Å²) in [5.41, 5.74) is 0.493. The topological polar surface area (TPSA) is 50.5 Å². The first-order valence-corrected chi connectivity index (χ1v) is 9.23. The summed E-state index contributed by atoms with van der Waals surface area (Å²) in [6.07, 6.45) is 5.34. The van der Waals surface area contributed by atoms with Crippen molar-refractivity contribution in [2.24, 2.45) is 0 Å². The van der Waals surface area contributed by atoms with Gasteiger partial charge in [-0.15, -0.1) is 0 Å². The summed E-state index contributed by atoms with van der Waals surface area (Å²) in [5.74, 6) is 3.08. The molecule has 2 heterocycles. The van der Waals surface area contributed by atoms with Crippen molar-refractivity contribution in [3.63, 3.8) is 0 Å². The SMILES string of the molecule is Cc1cc(C2CCC2)oc(=O)c1C(=O)N(C)C1CCSCC1. The van der Waals surface area contributed by atoms with E-state index in [-0.39, 0.29) is 17.5 Å². The van der Waals surface area contributed by atoms with E-state index in [4.69, 9.17) is 4.42 Å². The Morgan fingerprint density at radius 3 is 2.50 bits per heavy atom. The molecule has 0 atom stereocenters. The number of carbonyl (C=O) groups is 1. The highest BCUT2D eigenvalue weighted by Crippen LogP contribution is 2.36. The zero-order valence-corrected chi connectivity index (χ0v) is 14.1. The van der Waals surface area contributed by atoms with Gasteiger partial charge in [0.25, 0.3) is 5.91 Å². The van der Waals surface area contributed by atoms with Crippen molar-refractivity contribution in [1.82, 2.24) is 4.90 Å². The Bertz CT molecular complexity index is 615. The lowest BCUT2D eigenvalue weighted by Crippen LogP contribution is -2.41. The smallest absolute Gasteiger partial charge is 0.349 e. The molecular formula is C17H23NO3S. The van der Waals surface area contributed by atoms with Crippen molar-refractivity contribution in [3.8, 4) is 0 Å². The number of rotatable bonds is 3. The van der Waals surface area contributed by atoms with Crippen LogP contribution in [0.15, 0.2) is 15.3 Å². The fourth-order valence-electron chi connectivity index (χ4n) is 3.20. The molecule has 1 saturated heterocycles. The highest BCUT2D eigenvalue weighted by molar-refractivity contribution is 7.99. The number of aryl methyl sites for hydroxylation is 1. The minimum atomic E-state index is -0.469. The molecule has 0 radical (unpaired) electrons. The molecule has 2 aliphatic rings. The number of thioether (sulfide) groups is 1. The van der Waals surface area contributed by atoms with Crippen LogP contribution in [-0.2, 0) is 0 Å². The van der Waals surface area contributed by atoms with E-state index in [9.17, 15) is 9.59 Å². The lowest BCUT2D eigenvalue weighted by atomic mass is 9.83. The quantitative estimate of drug-likeness (QED) is 0.858. The monoisotopic (exact) mass is 321 g/mol. The lowest BCUT2D eigenvalue weighted by Gasteiger charge is -2.31. The van der Waals surface area contributed by atoms with Crippen LogP contribution in [-0.4, -0.2) is 35.4 Å². The van der Waals surface area contributed by atoms with Gasteiger partial charge in [0, 0.05) is 19.0 Å². The Kier molecular flexibility index (Phi) is 4.62. The van der Waals surface area contributed by atoms with Gasteiger partial charge < -0.3 is 9.32 Å². The Morgan fingerprint density at radius 2 is 1.95 bits per heavy atom. The van der Waals surface area contributed by atoms with Gasteiger partial charge in [-0.05, 0) is 55.7 Å². The van der Waals surface area contributed by atoms with Crippen molar-refractivity contribution < 1.29 is 9.21 Å². The van der Waals surface area contributed by atoms with Crippen LogP contribution in [0.3, 0.4) is 0 Å². The van der Waals surface area contributed by atoms with Gasteiger partial charge in [-0.2, -0.15) is 11.8 Å². The van der Waals surface area contributed by atoms with Gasteiger partial charge in [-0.1, -0.05) is 6.42 Å². The predicted octanol–water partition coefficient (Wildman–Crippen LogP) is 3.18. The fourth-order valence-corrected chi connectivity index (χ4v) is 4.28. The Labute approximate surface area is 135 Å². The zero-order chi connectivity index (χ0) is 15.7. The third-order valence-electron chi connectivity index (χ3n) is 4.95. The van der Waals surface area contributed by atoms with Gasteiger partial charge in [0.2, 0.25) is 0 Å². The minimum absolute atomic E-state index is 0.191. The molecule has 1 amide bonds. The summed E-state index contributed by atoms with van der Waals surface area (Å²) < 4.78 is 5.44. The van der Waals surface area contributed by atoms with Crippen LogP contribution in [0.25, 0.3) is 0 Å². The van der Waals surface area contributed by atoms with Crippen LogP contribution in [0.4, 0.5) is 0 Å². The summed E-state index contributed by atoms with van der Waals surface area (Å²) >= 11 is 1.93. The van der Waals surface area contributed by atoms with Crippen molar-refractivity contribution in [1.29, 1.82) is 0 Å². The predicted molar refractivity (Wildman–Crippen MR) is 88.7 cm³/mol. The molecule has 120 valence electrons. The van der Waals surface area contributed by atoms with Gasteiger partial charge in [0.1, 0.15) is 11.3 Å². The average Bonchev–Trinajstić information content (AvgIpc) is 2.44. The molecule has 0 bridgehead atoms. The average molecular weight is 321 g/mol. The van der Waals surface area contributed by atoms with Gasteiger partial charge in [0.15, 0.2) is 0 Å². The van der Waals surface area contributed by atoms with E-state index >= 15 is 0 Å². The van der Waals surface area contributed by atoms with Crippen LogP contribution < -0.4 is 5.63 Å². The normalized spacial score (nSPS) is 19.7. The Balaban J connectivity index is 1.83. The van der Waals surface area contributed by atoms with E-state index in [1.54, 1.807) is 4.90 Å². The van der Waals surface area contributed by atoms with Crippen LogP contribution >= 0.6 is 11.8 Å². The summed E-state index contributed by atoms with van der Waals surface area (Å²) in [6.45, 7) is 1.84. The molecule has 4 nitrogen and oxygen atoms in total. The number of carbonyl (C=O) groups excluding carboxylic acids is 1. The minimum Gasteiger partial charge on any atom is -0.427 e. The first kappa shape index (κ1) is 15.7. The highest BCUT2D eigenvalue weighted by Gasteiger charge is 2.29. The maximum Gasteiger partial charge on any atom is 0.349 e. The van der Waals surface area contributed by atoms with E-state index in [1.165, 1.54) is 6.42 Å². The molecule has 1 saturated carbocycles. The molecule has 0 spiro atoms. The maximum absolute atomic E-state index is 12.7. The summed E-state index contributed by atoms with van der Waals surface area (Å²) in [6, 6.07) is 2.13. The second-order valence-corrected chi connectivity index (χ2v) is 7.61. The van der Waals surface area contributed by atoms with Crippen molar-refractivity contribution in [2.75, 3.05) is 18.6 Å². The van der Waals surface area contributed by atoms with E-state index in [0.717, 1.165) is 48.5 Å². The number of hydrogen-bond donors (Lipinski definition) is 0. The van der Waals surface area contributed by atoms with Crippen LogP contribution in [0.1, 0.15) is 59.7 Å². The molecule has 3 rings (SSSR count). The first-order valence-electron chi connectivity index (χ1n) is 8.07. The Morgan fingerprint density at radius 1 is 1.27 bits per heavy atom. The van der Waals surface area contributed by atoms with Crippen LogP contribution in [0.2, 0.25) is 0 Å². The molecule has 5 heteroatoms. The molecular weight excluding hydrogens is 298 g/mol. The van der Waals surface area contributed by atoms with E-state index < -0.39 is 5.63 Å². The molecule has 1 aromatic rings. The second kappa shape index (κ2) is 6.49. The molecule has 1 aliphatic carbocycles. The van der Waals surface area contributed by atoms with Crippen molar-refractivity contribution in [3.05, 3.63) is 33.4 Å². The second-order valence-electron chi connectivity index (χ2n) is 6.38. The lowest BCUT2D eigenvalue weighted by molar-refractivity contribution is 0.0717. The van der Waals surface area contributed by atoms with E-state index in [1.807, 2.05) is 31.8 Å². The molecule has 22 heavy (non-hydrogen) atoms. The third-order valence-corrected chi connectivity index (χ3v) is 6.00. The van der Waals surface area contributed by atoms with Gasteiger partial charge in [0.05, 0.1) is 0 Å². The van der Waals surface area contributed by atoms with Crippen molar-refractivity contribution in [2.45, 2.75) is 51.0 Å². The first-order chi connectivity index (χ1) is 10.6. The van der Waals surface area contributed by atoms with E-state index in [0.29, 0.717) is 5.92 Å². The summed E-state index contributed by atoms with van der Waals surface area (Å²) in [4.78, 5) is 26.8. The zero-order valence-electron chi connectivity index (χ0n) is 13.3. The summed E-state index contributed by atoms with van der Waals surface area (Å²) in [7, 11) is 1.81. The largest absolute Gasteiger partial charge is 0.427 e. The highest BCUT2D eigenvalue weighted by atomic mass is 32.2. The molecule has 1 aromatic heterocycles. The number of amides is 1. The molecule has 0 aromatic carbocycles. The molecule has 2 fully saturated rings. The van der Waals surface area contributed by atoms with Gasteiger partial charge in [-0.3, -0.25) is 4.79 Å². The van der Waals surface area contributed by atoms with Crippen molar-refractivity contribution >= 4 is 17.7 Å². The van der Waals surface area contributed by atoms with Gasteiger partial charge >= 0.3 is 5.63 Å². The fraction of sp³-hybridized carbons (Fsp3) is 0.647. The molecule has 1 aliphatic heterocycles. The third kappa shape index (κ3) is 2.96. The summed E-state index contributed by atoms with van der Waals surface area (Å²) in [5, 5.41) is 0. The van der Waals surface area contributed by atoms with E-state index in [2.05, 4.69) is 0 Å².